The van der Waals surface area contributed by atoms with Gasteiger partial charge in [0.15, 0.2) is 0 Å². The molecule has 0 amide bonds. The first kappa shape index (κ1) is 16.2. The summed E-state index contributed by atoms with van der Waals surface area (Å²) in [6.07, 6.45) is 11.1. The first-order valence-corrected chi connectivity index (χ1v) is 10.8. The van der Waals surface area contributed by atoms with Crippen LogP contribution in [0, 0.1) is 23.7 Å². The zero-order valence-corrected chi connectivity index (χ0v) is 16.2. The second-order valence-electron chi connectivity index (χ2n) is 10.8. The summed E-state index contributed by atoms with van der Waals surface area (Å²) in [6, 6.07) is 4.77. The molecule has 1 aromatic carbocycles. The van der Waals surface area contributed by atoms with E-state index in [0.29, 0.717) is 17.6 Å². The highest BCUT2D eigenvalue weighted by Gasteiger charge is 2.44. The van der Waals surface area contributed by atoms with Crippen LogP contribution in [0.2, 0.25) is 0 Å². The molecule has 6 atom stereocenters. The third kappa shape index (κ3) is 2.56. The zero-order valence-electron chi connectivity index (χ0n) is 16.2. The van der Waals surface area contributed by atoms with Crippen LogP contribution in [0.25, 0.3) is 0 Å². The summed E-state index contributed by atoms with van der Waals surface area (Å²) >= 11 is 0. The molecule has 0 aromatic heterocycles. The molecule has 4 aliphatic carbocycles. The number of hydrogen-bond acceptors (Lipinski definition) is 1. The minimum Gasteiger partial charge on any atom is -0.507 e. The van der Waals surface area contributed by atoms with Gasteiger partial charge in [-0.1, -0.05) is 45.7 Å². The van der Waals surface area contributed by atoms with E-state index in [0.717, 1.165) is 23.7 Å². The summed E-state index contributed by atoms with van der Waals surface area (Å²) in [5, 5.41) is 11.4. The monoisotopic (exact) mass is 338 g/mol. The van der Waals surface area contributed by atoms with Crippen LogP contribution in [-0.4, -0.2) is 5.11 Å². The standard InChI is InChI=1S/C24H34O/c1-24(2,3)18-12-21(19-10-14-4-6-16(19)8-14)23(25)22(13-18)20-11-15-5-7-17(20)9-15/h12-17,19-20,25H,4-11H2,1-3H3. The number of phenolic OH excluding ortho intramolecular Hbond substituents is 1. The van der Waals surface area contributed by atoms with Crippen molar-refractivity contribution in [2.45, 2.75) is 89.4 Å². The molecule has 0 aliphatic heterocycles. The van der Waals surface area contributed by atoms with Gasteiger partial charge in [-0.15, -0.1) is 0 Å². The van der Waals surface area contributed by atoms with Gasteiger partial charge in [-0.25, -0.2) is 0 Å². The van der Waals surface area contributed by atoms with E-state index in [1.807, 2.05) is 0 Å². The van der Waals surface area contributed by atoms with Crippen LogP contribution in [0.1, 0.15) is 101 Å². The van der Waals surface area contributed by atoms with Crippen LogP contribution in [-0.2, 0) is 5.41 Å². The molecule has 6 unspecified atom stereocenters. The van der Waals surface area contributed by atoms with Gasteiger partial charge < -0.3 is 5.11 Å². The molecule has 4 fully saturated rings. The fourth-order valence-electron chi connectivity index (χ4n) is 6.93. The van der Waals surface area contributed by atoms with Crippen LogP contribution in [0.15, 0.2) is 12.1 Å². The molecule has 4 aliphatic rings. The van der Waals surface area contributed by atoms with E-state index in [1.54, 1.807) is 0 Å². The third-order valence-electron chi connectivity index (χ3n) is 8.31. The lowest BCUT2D eigenvalue weighted by molar-refractivity contribution is 0.375. The number of hydrogen-bond donors (Lipinski definition) is 1. The Bertz CT molecular complexity index is 633. The molecule has 1 heteroatoms. The fourth-order valence-corrected chi connectivity index (χ4v) is 6.93. The van der Waals surface area contributed by atoms with Crippen molar-refractivity contribution in [2.75, 3.05) is 0 Å². The minimum atomic E-state index is 0.159. The van der Waals surface area contributed by atoms with Crippen molar-refractivity contribution in [1.29, 1.82) is 0 Å². The molecular formula is C24H34O. The molecule has 136 valence electrons. The van der Waals surface area contributed by atoms with Gasteiger partial charge in [0.1, 0.15) is 5.75 Å². The normalized spacial score (nSPS) is 39.5. The topological polar surface area (TPSA) is 20.2 Å². The second-order valence-corrected chi connectivity index (χ2v) is 10.8. The molecule has 4 bridgehead atoms. The summed E-state index contributed by atoms with van der Waals surface area (Å²) in [5.74, 6) is 5.47. The van der Waals surface area contributed by atoms with E-state index >= 15 is 0 Å². The van der Waals surface area contributed by atoms with Gasteiger partial charge in [0.25, 0.3) is 0 Å². The van der Waals surface area contributed by atoms with E-state index < -0.39 is 0 Å². The Kier molecular flexibility index (Phi) is 3.57. The Morgan fingerprint density at radius 1 is 0.760 bits per heavy atom. The number of benzene rings is 1. The summed E-state index contributed by atoms with van der Waals surface area (Å²) in [6.45, 7) is 6.98. The average molecular weight is 339 g/mol. The van der Waals surface area contributed by atoms with Crippen LogP contribution in [0.3, 0.4) is 0 Å². The number of aromatic hydroxyl groups is 1. The fraction of sp³-hybridized carbons (Fsp3) is 0.750. The Balaban J connectivity index is 1.59. The van der Waals surface area contributed by atoms with Crippen LogP contribution >= 0.6 is 0 Å². The van der Waals surface area contributed by atoms with Crippen molar-refractivity contribution in [1.82, 2.24) is 0 Å². The number of phenols is 1. The van der Waals surface area contributed by atoms with Gasteiger partial charge in [-0.3, -0.25) is 0 Å². The predicted molar refractivity (Wildman–Crippen MR) is 103 cm³/mol. The molecule has 5 rings (SSSR count). The highest BCUT2D eigenvalue weighted by molar-refractivity contribution is 5.50. The van der Waals surface area contributed by atoms with E-state index in [9.17, 15) is 5.11 Å². The smallest absolute Gasteiger partial charge is 0.122 e. The highest BCUT2D eigenvalue weighted by Crippen LogP contribution is 2.58. The van der Waals surface area contributed by atoms with Crippen LogP contribution < -0.4 is 0 Å². The first-order chi connectivity index (χ1) is 11.9. The van der Waals surface area contributed by atoms with Gasteiger partial charge in [-0.05, 0) is 96.1 Å². The Labute approximate surface area is 153 Å². The lowest BCUT2D eigenvalue weighted by atomic mass is 9.75. The summed E-state index contributed by atoms with van der Waals surface area (Å²) < 4.78 is 0. The molecule has 0 spiro atoms. The minimum absolute atomic E-state index is 0.159. The second kappa shape index (κ2) is 5.51. The average Bonchev–Trinajstić information content (AvgIpc) is 3.34. The van der Waals surface area contributed by atoms with Gasteiger partial charge in [0.05, 0.1) is 0 Å². The van der Waals surface area contributed by atoms with Crippen LogP contribution in [0.5, 0.6) is 5.75 Å². The maximum atomic E-state index is 11.4. The maximum absolute atomic E-state index is 11.4. The SMILES string of the molecule is CC(C)(C)c1cc(C2CC3CCC2C3)c(O)c(C2CC3CCC2C3)c1. The molecule has 1 aromatic rings. The summed E-state index contributed by atoms with van der Waals surface area (Å²) in [7, 11) is 0. The van der Waals surface area contributed by atoms with Crippen molar-refractivity contribution >= 4 is 0 Å². The maximum Gasteiger partial charge on any atom is 0.122 e. The van der Waals surface area contributed by atoms with E-state index in [-0.39, 0.29) is 5.41 Å². The molecule has 0 saturated heterocycles. The highest BCUT2D eigenvalue weighted by atomic mass is 16.3. The molecule has 25 heavy (non-hydrogen) atoms. The Hall–Kier alpha value is -0.980. The lowest BCUT2D eigenvalue weighted by Gasteiger charge is -2.31. The van der Waals surface area contributed by atoms with Gasteiger partial charge in [-0.2, -0.15) is 0 Å². The van der Waals surface area contributed by atoms with Crippen molar-refractivity contribution in [3.63, 3.8) is 0 Å². The van der Waals surface area contributed by atoms with Crippen LogP contribution in [0.4, 0.5) is 0 Å². The lowest BCUT2D eigenvalue weighted by Crippen LogP contribution is -2.17. The van der Waals surface area contributed by atoms with Gasteiger partial charge in [0, 0.05) is 0 Å². The third-order valence-corrected chi connectivity index (χ3v) is 8.31. The predicted octanol–water partition coefficient (Wildman–Crippen LogP) is 6.50. The number of fused-ring (bicyclic) bond motifs is 4. The number of rotatable bonds is 2. The van der Waals surface area contributed by atoms with Gasteiger partial charge in [0.2, 0.25) is 0 Å². The van der Waals surface area contributed by atoms with Gasteiger partial charge >= 0.3 is 0 Å². The molecule has 1 nitrogen and oxygen atoms in total. The van der Waals surface area contributed by atoms with E-state index in [2.05, 4.69) is 32.9 Å². The summed E-state index contributed by atoms with van der Waals surface area (Å²) in [4.78, 5) is 0. The van der Waals surface area contributed by atoms with Crippen molar-refractivity contribution in [2.24, 2.45) is 23.7 Å². The van der Waals surface area contributed by atoms with Crippen molar-refractivity contribution in [3.05, 3.63) is 28.8 Å². The molecular weight excluding hydrogens is 304 g/mol. The molecule has 0 radical (unpaired) electrons. The largest absolute Gasteiger partial charge is 0.507 e. The molecule has 4 saturated carbocycles. The Morgan fingerprint density at radius 3 is 1.56 bits per heavy atom. The van der Waals surface area contributed by atoms with Crippen molar-refractivity contribution in [3.8, 4) is 5.75 Å². The zero-order chi connectivity index (χ0) is 17.3. The molecule has 1 N–H and O–H groups in total. The van der Waals surface area contributed by atoms with Crippen molar-refractivity contribution < 1.29 is 5.11 Å². The molecule has 0 heterocycles. The van der Waals surface area contributed by atoms with E-state index in [4.69, 9.17) is 0 Å². The first-order valence-electron chi connectivity index (χ1n) is 10.8. The quantitative estimate of drug-likeness (QED) is 0.653. The summed E-state index contributed by atoms with van der Waals surface area (Å²) in [5.41, 5.74) is 4.24. The van der Waals surface area contributed by atoms with E-state index in [1.165, 1.54) is 68.1 Å². The Morgan fingerprint density at radius 2 is 1.24 bits per heavy atom.